The Morgan fingerprint density at radius 2 is 2.70 bits per heavy atom. The molecule has 10 heavy (non-hydrogen) atoms. The first kappa shape index (κ1) is 6.75. The summed E-state index contributed by atoms with van der Waals surface area (Å²) < 4.78 is 0. The molecule has 52 valence electrons. The lowest BCUT2D eigenvalue weighted by Crippen LogP contribution is -1.91. The smallest absolute Gasteiger partial charge is 0.0725 e. The van der Waals surface area contributed by atoms with Crippen LogP contribution in [-0.2, 0) is 0 Å². The van der Waals surface area contributed by atoms with Gasteiger partial charge in [-0.2, -0.15) is 5.26 Å². The van der Waals surface area contributed by atoms with E-state index in [1.54, 1.807) is 6.20 Å². The molecule has 0 saturated carbocycles. The van der Waals surface area contributed by atoms with Gasteiger partial charge in [-0.3, -0.25) is 5.10 Å². The third-order valence-electron chi connectivity index (χ3n) is 1.36. The van der Waals surface area contributed by atoms with Crippen LogP contribution in [0.4, 0.5) is 0 Å². The van der Waals surface area contributed by atoms with E-state index in [9.17, 15) is 0 Å². The van der Waals surface area contributed by atoms with E-state index in [1.165, 1.54) is 0 Å². The van der Waals surface area contributed by atoms with Crippen LogP contribution >= 0.6 is 0 Å². The molecule has 1 rings (SSSR count). The van der Waals surface area contributed by atoms with Crippen LogP contribution in [0.2, 0.25) is 0 Å². The maximum absolute atomic E-state index is 8.33. The van der Waals surface area contributed by atoms with Gasteiger partial charge in [-0.05, 0) is 0 Å². The molecule has 0 radical (unpaired) electrons. The van der Waals surface area contributed by atoms with Crippen LogP contribution in [0.15, 0.2) is 6.20 Å². The van der Waals surface area contributed by atoms with Crippen LogP contribution < -0.4 is 0 Å². The van der Waals surface area contributed by atoms with Crippen molar-refractivity contribution in [2.75, 3.05) is 0 Å². The van der Waals surface area contributed by atoms with Gasteiger partial charge >= 0.3 is 0 Å². The molecule has 1 heterocycles. The van der Waals surface area contributed by atoms with Gasteiger partial charge in [0, 0.05) is 12.3 Å². The van der Waals surface area contributed by atoms with Crippen molar-refractivity contribution in [3.05, 3.63) is 11.9 Å². The summed E-state index contributed by atoms with van der Waals surface area (Å²) in [5.41, 5.74) is 0.918. The van der Waals surface area contributed by atoms with E-state index in [-0.39, 0.29) is 5.92 Å². The van der Waals surface area contributed by atoms with Gasteiger partial charge in [0.25, 0.3) is 0 Å². The lowest BCUT2D eigenvalue weighted by Gasteiger charge is -1.99. The van der Waals surface area contributed by atoms with E-state index in [0.717, 1.165) is 5.69 Å². The molecule has 1 aromatic rings. The van der Waals surface area contributed by atoms with Crippen molar-refractivity contribution in [1.82, 2.24) is 15.4 Å². The molecule has 4 heteroatoms. The first-order chi connectivity index (χ1) is 4.84. The minimum Gasteiger partial charge on any atom is -0.262 e. The number of hydrogen-bond donors (Lipinski definition) is 1. The van der Waals surface area contributed by atoms with Gasteiger partial charge in [-0.1, -0.05) is 12.1 Å². The van der Waals surface area contributed by atoms with Crippen molar-refractivity contribution in [3.8, 4) is 6.07 Å². The third-order valence-corrected chi connectivity index (χ3v) is 1.36. The molecule has 0 aliphatic carbocycles. The van der Waals surface area contributed by atoms with E-state index in [0.29, 0.717) is 6.42 Å². The van der Waals surface area contributed by atoms with E-state index < -0.39 is 0 Å². The largest absolute Gasteiger partial charge is 0.262 e. The van der Waals surface area contributed by atoms with E-state index in [2.05, 4.69) is 21.5 Å². The van der Waals surface area contributed by atoms with Crippen molar-refractivity contribution in [2.45, 2.75) is 19.3 Å². The number of nitriles is 1. The Labute approximate surface area is 58.9 Å². The Balaban J connectivity index is 2.61. The fourth-order valence-corrected chi connectivity index (χ4v) is 0.691. The molecule has 0 aliphatic heterocycles. The quantitative estimate of drug-likeness (QED) is 0.654. The van der Waals surface area contributed by atoms with Crippen molar-refractivity contribution in [2.24, 2.45) is 0 Å². The van der Waals surface area contributed by atoms with Gasteiger partial charge in [0.15, 0.2) is 0 Å². The molecule has 0 aliphatic rings. The van der Waals surface area contributed by atoms with Crippen LogP contribution in [0.1, 0.15) is 25.0 Å². The van der Waals surface area contributed by atoms with Gasteiger partial charge in [-0.25, -0.2) is 0 Å². The summed E-state index contributed by atoms with van der Waals surface area (Å²) in [7, 11) is 0. The highest BCUT2D eigenvalue weighted by molar-refractivity contribution is 5.01. The number of H-pyrrole nitrogens is 1. The van der Waals surface area contributed by atoms with E-state index >= 15 is 0 Å². The number of aromatic amines is 1. The highest BCUT2D eigenvalue weighted by atomic mass is 15.3. The van der Waals surface area contributed by atoms with Crippen LogP contribution in [0, 0.1) is 11.3 Å². The average molecular weight is 136 g/mol. The van der Waals surface area contributed by atoms with Crippen LogP contribution in [0.5, 0.6) is 0 Å². The summed E-state index contributed by atoms with van der Waals surface area (Å²) in [5, 5.41) is 18.2. The molecule has 0 spiro atoms. The zero-order valence-electron chi connectivity index (χ0n) is 5.70. The fourth-order valence-electron chi connectivity index (χ4n) is 0.691. The molecule has 1 atom stereocenters. The van der Waals surface area contributed by atoms with E-state index in [1.807, 2.05) is 6.92 Å². The summed E-state index contributed by atoms with van der Waals surface area (Å²) in [6.45, 7) is 1.96. The molecule has 4 nitrogen and oxygen atoms in total. The zero-order valence-corrected chi connectivity index (χ0v) is 5.70. The predicted octanol–water partition coefficient (Wildman–Crippen LogP) is 0.822. The van der Waals surface area contributed by atoms with Gasteiger partial charge in [-0.15, -0.1) is 5.10 Å². The maximum atomic E-state index is 8.33. The van der Waals surface area contributed by atoms with Crippen molar-refractivity contribution >= 4 is 0 Å². The Hall–Kier alpha value is -1.37. The molecule has 0 amide bonds. The second kappa shape index (κ2) is 2.97. The SMILES string of the molecule is C[C@@H](CC#N)c1cnn[nH]1. The summed E-state index contributed by atoms with van der Waals surface area (Å²) in [4.78, 5) is 0. The number of nitrogens with zero attached hydrogens (tertiary/aromatic N) is 3. The molecule has 0 fully saturated rings. The summed E-state index contributed by atoms with van der Waals surface area (Å²) in [5.74, 6) is 0.208. The van der Waals surface area contributed by atoms with Crippen LogP contribution in [-0.4, -0.2) is 15.4 Å². The first-order valence-electron chi connectivity index (χ1n) is 3.07. The maximum Gasteiger partial charge on any atom is 0.0725 e. The molecular weight excluding hydrogens is 128 g/mol. The fraction of sp³-hybridized carbons (Fsp3) is 0.500. The molecule has 0 aromatic carbocycles. The summed E-state index contributed by atoms with van der Waals surface area (Å²) in [6, 6.07) is 2.08. The second-order valence-electron chi connectivity index (χ2n) is 2.18. The third kappa shape index (κ3) is 1.32. The average Bonchev–Trinajstić information content (AvgIpc) is 2.38. The van der Waals surface area contributed by atoms with Gasteiger partial charge in [0.05, 0.1) is 18.0 Å². The predicted molar refractivity (Wildman–Crippen MR) is 35.0 cm³/mol. The molecule has 1 N–H and O–H groups in total. The van der Waals surface area contributed by atoms with Crippen molar-refractivity contribution in [3.63, 3.8) is 0 Å². The zero-order chi connectivity index (χ0) is 7.40. The van der Waals surface area contributed by atoms with Gasteiger partial charge in [0.1, 0.15) is 0 Å². The van der Waals surface area contributed by atoms with Crippen LogP contribution in [0.25, 0.3) is 0 Å². The van der Waals surface area contributed by atoms with Crippen LogP contribution in [0.3, 0.4) is 0 Å². The Bertz CT molecular complexity index is 220. The summed E-state index contributed by atoms with van der Waals surface area (Å²) in [6.07, 6.45) is 2.14. The van der Waals surface area contributed by atoms with Crippen molar-refractivity contribution < 1.29 is 0 Å². The molecule has 0 saturated heterocycles. The Morgan fingerprint density at radius 1 is 1.90 bits per heavy atom. The lowest BCUT2D eigenvalue weighted by atomic mass is 10.1. The molecule has 0 unspecified atom stereocenters. The molecule has 0 bridgehead atoms. The molecular formula is C6H8N4. The first-order valence-corrected chi connectivity index (χ1v) is 3.07. The number of rotatable bonds is 2. The lowest BCUT2D eigenvalue weighted by molar-refractivity contribution is 0.747. The normalized spacial score (nSPS) is 12.4. The Kier molecular flexibility index (Phi) is 2.00. The highest BCUT2D eigenvalue weighted by Gasteiger charge is 2.05. The minimum atomic E-state index is 0.208. The number of aromatic nitrogens is 3. The van der Waals surface area contributed by atoms with Gasteiger partial charge in [0.2, 0.25) is 0 Å². The number of nitrogens with one attached hydrogen (secondary N) is 1. The highest BCUT2D eigenvalue weighted by Crippen LogP contribution is 2.12. The monoisotopic (exact) mass is 136 g/mol. The van der Waals surface area contributed by atoms with E-state index in [4.69, 9.17) is 5.26 Å². The second-order valence-corrected chi connectivity index (χ2v) is 2.18. The minimum absolute atomic E-state index is 0.208. The topological polar surface area (TPSA) is 65.4 Å². The number of hydrogen-bond acceptors (Lipinski definition) is 3. The van der Waals surface area contributed by atoms with Crippen molar-refractivity contribution in [1.29, 1.82) is 5.26 Å². The standard InChI is InChI=1S/C6H8N4/c1-5(2-3-7)6-4-8-10-9-6/h4-5H,2H2,1H3,(H,8,9,10)/t5-/m0/s1. The summed E-state index contributed by atoms with van der Waals surface area (Å²) >= 11 is 0. The molecule has 1 aromatic heterocycles. The van der Waals surface area contributed by atoms with Gasteiger partial charge < -0.3 is 0 Å². The Morgan fingerprint density at radius 3 is 3.20 bits per heavy atom.